The van der Waals surface area contributed by atoms with Crippen LogP contribution in [0.5, 0.6) is 0 Å². The number of nitrogens with zero attached hydrogens (tertiary/aromatic N) is 2. The van der Waals surface area contributed by atoms with E-state index in [1.54, 1.807) is 31.2 Å². The molecule has 1 N–H and O–H groups in total. The third-order valence-electron chi connectivity index (χ3n) is 4.13. The Morgan fingerprint density at radius 1 is 1.19 bits per heavy atom. The quantitative estimate of drug-likeness (QED) is 0.716. The molecule has 1 heterocycles. The zero-order valence-corrected chi connectivity index (χ0v) is 14.6. The molecule has 2 aromatic carbocycles. The molecule has 0 spiro atoms. The highest BCUT2D eigenvalue weighted by Gasteiger charge is 2.22. The first-order chi connectivity index (χ1) is 12.3. The van der Waals surface area contributed by atoms with Crippen molar-refractivity contribution >= 4 is 22.6 Å². The second kappa shape index (κ2) is 6.82. The van der Waals surface area contributed by atoms with Crippen LogP contribution in [-0.4, -0.2) is 21.9 Å². The molecule has 0 atom stereocenters. The molecule has 3 rings (SSSR count). The number of anilines is 1. The molecule has 1 amide bonds. The van der Waals surface area contributed by atoms with Gasteiger partial charge in [0.1, 0.15) is 11.6 Å². The summed E-state index contributed by atoms with van der Waals surface area (Å²) in [5, 5.41) is 2.28. The zero-order chi connectivity index (χ0) is 19.0. The van der Waals surface area contributed by atoms with E-state index in [0.29, 0.717) is 22.5 Å². The van der Waals surface area contributed by atoms with Crippen molar-refractivity contribution in [2.45, 2.75) is 33.2 Å². The Morgan fingerprint density at radius 3 is 2.58 bits per heavy atom. The summed E-state index contributed by atoms with van der Waals surface area (Å²) in [5.41, 5.74) is 2.59. The Hall–Kier alpha value is -2.83. The number of benzene rings is 2. The Bertz CT molecular complexity index is 980. The van der Waals surface area contributed by atoms with Crippen molar-refractivity contribution in [3.05, 3.63) is 47.8 Å². The van der Waals surface area contributed by atoms with Gasteiger partial charge in [0.2, 0.25) is 0 Å². The van der Waals surface area contributed by atoms with Crippen molar-refractivity contribution in [3.8, 4) is 11.4 Å². The monoisotopic (exact) mass is 361 g/mol. The highest BCUT2D eigenvalue weighted by Crippen LogP contribution is 2.35. The van der Waals surface area contributed by atoms with E-state index in [9.17, 15) is 18.0 Å². The molecule has 0 aliphatic rings. The number of para-hydroxylation sites is 1. The van der Waals surface area contributed by atoms with E-state index in [4.69, 9.17) is 0 Å². The van der Waals surface area contributed by atoms with Crippen molar-refractivity contribution in [1.29, 1.82) is 0 Å². The minimum absolute atomic E-state index is 0.0142. The summed E-state index contributed by atoms with van der Waals surface area (Å²) in [4.78, 5) is 16.0. The van der Waals surface area contributed by atoms with Crippen LogP contribution in [-0.2, 0) is 4.79 Å². The number of nitrogens with one attached hydrogen (secondary N) is 1. The SMILES string of the molecule is Cc1cccc(-c2nc3cc(F)ccc3n2C(C)C)c1NC(=O)C(F)F. The Balaban J connectivity index is 2.25. The maximum Gasteiger partial charge on any atom is 0.315 e. The van der Waals surface area contributed by atoms with Crippen molar-refractivity contribution < 1.29 is 18.0 Å². The summed E-state index contributed by atoms with van der Waals surface area (Å²) in [6, 6.07) is 9.46. The van der Waals surface area contributed by atoms with Crippen LogP contribution in [0.3, 0.4) is 0 Å². The fourth-order valence-corrected chi connectivity index (χ4v) is 2.98. The van der Waals surface area contributed by atoms with E-state index in [1.165, 1.54) is 12.1 Å². The summed E-state index contributed by atoms with van der Waals surface area (Å²) in [7, 11) is 0. The number of imidazole rings is 1. The molecule has 4 nitrogen and oxygen atoms in total. The number of carbonyl (C=O) groups excluding carboxylic acids is 1. The van der Waals surface area contributed by atoms with Crippen molar-refractivity contribution in [2.24, 2.45) is 0 Å². The average molecular weight is 361 g/mol. The van der Waals surface area contributed by atoms with Gasteiger partial charge in [0.25, 0.3) is 5.91 Å². The van der Waals surface area contributed by atoms with Gasteiger partial charge in [0.05, 0.1) is 16.7 Å². The molecule has 26 heavy (non-hydrogen) atoms. The average Bonchev–Trinajstić information content (AvgIpc) is 2.94. The third kappa shape index (κ3) is 3.16. The normalized spacial score (nSPS) is 11.5. The molecule has 0 aliphatic carbocycles. The van der Waals surface area contributed by atoms with Gasteiger partial charge in [-0.05, 0) is 44.5 Å². The molecule has 0 unspecified atom stereocenters. The van der Waals surface area contributed by atoms with Crippen molar-refractivity contribution in [2.75, 3.05) is 5.32 Å². The van der Waals surface area contributed by atoms with Gasteiger partial charge in [0.15, 0.2) is 0 Å². The number of amides is 1. The predicted molar refractivity (Wildman–Crippen MR) is 94.9 cm³/mol. The van der Waals surface area contributed by atoms with Gasteiger partial charge in [-0.2, -0.15) is 8.78 Å². The first-order valence-electron chi connectivity index (χ1n) is 8.16. The van der Waals surface area contributed by atoms with Crippen molar-refractivity contribution in [1.82, 2.24) is 9.55 Å². The van der Waals surface area contributed by atoms with Crippen LogP contribution in [0.25, 0.3) is 22.4 Å². The predicted octanol–water partition coefficient (Wildman–Crippen LogP) is 4.94. The summed E-state index contributed by atoms with van der Waals surface area (Å²) < 4.78 is 40.9. The lowest BCUT2D eigenvalue weighted by Gasteiger charge is -2.17. The number of carbonyl (C=O) groups is 1. The molecular weight excluding hydrogens is 343 g/mol. The van der Waals surface area contributed by atoms with E-state index in [0.717, 1.165) is 5.52 Å². The molecule has 0 fully saturated rings. The van der Waals surface area contributed by atoms with Gasteiger partial charge in [-0.25, -0.2) is 9.37 Å². The molecule has 0 bridgehead atoms. The maximum atomic E-state index is 13.6. The van der Waals surface area contributed by atoms with Gasteiger partial charge in [-0.15, -0.1) is 0 Å². The molecule has 0 aliphatic heterocycles. The van der Waals surface area contributed by atoms with Crippen LogP contribution in [0.1, 0.15) is 25.5 Å². The summed E-state index contributed by atoms with van der Waals surface area (Å²) >= 11 is 0. The van der Waals surface area contributed by atoms with E-state index in [-0.39, 0.29) is 11.7 Å². The van der Waals surface area contributed by atoms with Crippen LogP contribution in [0.4, 0.5) is 18.9 Å². The summed E-state index contributed by atoms with van der Waals surface area (Å²) in [6.07, 6.45) is -3.12. The number of aromatic nitrogens is 2. The van der Waals surface area contributed by atoms with E-state index in [1.807, 2.05) is 18.4 Å². The summed E-state index contributed by atoms with van der Waals surface area (Å²) in [5.74, 6) is -1.31. The van der Waals surface area contributed by atoms with E-state index >= 15 is 0 Å². The molecule has 3 aromatic rings. The van der Waals surface area contributed by atoms with Gasteiger partial charge >= 0.3 is 6.43 Å². The molecule has 0 saturated carbocycles. The summed E-state index contributed by atoms with van der Waals surface area (Å²) in [6.45, 7) is 5.61. The number of aryl methyl sites for hydroxylation is 1. The fourth-order valence-electron chi connectivity index (χ4n) is 2.98. The number of halogens is 3. The molecule has 0 radical (unpaired) electrons. The first-order valence-corrected chi connectivity index (χ1v) is 8.16. The molecule has 1 aromatic heterocycles. The lowest BCUT2D eigenvalue weighted by Crippen LogP contribution is -2.21. The van der Waals surface area contributed by atoms with E-state index in [2.05, 4.69) is 10.3 Å². The lowest BCUT2D eigenvalue weighted by molar-refractivity contribution is -0.126. The molecule has 0 saturated heterocycles. The number of fused-ring (bicyclic) bond motifs is 1. The second-order valence-corrected chi connectivity index (χ2v) is 6.32. The standard InChI is InChI=1S/C19H18F3N3O/c1-10(2)25-15-8-7-12(20)9-14(15)23-18(25)13-6-4-5-11(3)16(13)24-19(26)17(21)22/h4-10,17H,1-3H3,(H,24,26). The highest BCUT2D eigenvalue weighted by molar-refractivity contribution is 5.98. The molecular formula is C19H18F3N3O. The number of alkyl halides is 2. The van der Waals surface area contributed by atoms with Crippen LogP contribution < -0.4 is 5.32 Å². The minimum Gasteiger partial charge on any atom is -0.321 e. The van der Waals surface area contributed by atoms with E-state index < -0.39 is 18.1 Å². The number of hydrogen-bond donors (Lipinski definition) is 1. The zero-order valence-electron chi connectivity index (χ0n) is 14.6. The maximum absolute atomic E-state index is 13.6. The fraction of sp³-hybridized carbons (Fsp3) is 0.263. The van der Waals surface area contributed by atoms with Crippen LogP contribution >= 0.6 is 0 Å². The minimum atomic E-state index is -3.12. The number of rotatable bonds is 4. The van der Waals surface area contributed by atoms with Crippen LogP contribution in [0, 0.1) is 12.7 Å². The first kappa shape index (κ1) is 18.0. The number of hydrogen-bond acceptors (Lipinski definition) is 2. The molecule has 136 valence electrons. The largest absolute Gasteiger partial charge is 0.321 e. The van der Waals surface area contributed by atoms with Crippen LogP contribution in [0.15, 0.2) is 36.4 Å². The smallest absolute Gasteiger partial charge is 0.315 e. The Labute approximate surface area is 148 Å². The van der Waals surface area contributed by atoms with Gasteiger partial charge in [0, 0.05) is 17.7 Å². The Morgan fingerprint density at radius 2 is 1.92 bits per heavy atom. The second-order valence-electron chi connectivity index (χ2n) is 6.32. The van der Waals surface area contributed by atoms with Gasteiger partial charge in [-0.1, -0.05) is 12.1 Å². The van der Waals surface area contributed by atoms with Gasteiger partial charge in [-0.3, -0.25) is 4.79 Å². The van der Waals surface area contributed by atoms with Crippen LogP contribution in [0.2, 0.25) is 0 Å². The highest BCUT2D eigenvalue weighted by atomic mass is 19.3. The lowest BCUT2D eigenvalue weighted by atomic mass is 10.1. The van der Waals surface area contributed by atoms with Gasteiger partial charge < -0.3 is 9.88 Å². The molecule has 7 heteroatoms. The topological polar surface area (TPSA) is 46.9 Å². The third-order valence-corrected chi connectivity index (χ3v) is 4.13. The van der Waals surface area contributed by atoms with Crippen molar-refractivity contribution in [3.63, 3.8) is 0 Å². The Kier molecular flexibility index (Phi) is 4.71.